The second kappa shape index (κ2) is 6.56. The summed E-state index contributed by atoms with van der Waals surface area (Å²) >= 11 is 0. The van der Waals surface area contributed by atoms with Crippen LogP contribution in [0.2, 0.25) is 0 Å². The fraction of sp³-hybridized carbons (Fsp3) is 0.636. The standard InChI is InChI=1S/C22H28N2O4S/c1-14-2-4-18(5-3-14)29(27,28)24-19(6-7-20(24)25)21(26)23-22-11-15-8-16(12-22)10-17(9-15)13-22/h2-5,15-17,19H,6-13H2,1H3,(H,23,26)/t15?,16?,17?,19-,22?/m0/s1. The normalized spacial score (nSPS) is 35.9. The molecule has 4 aliphatic carbocycles. The maximum absolute atomic E-state index is 13.2. The second-order valence-corrected chi connectivity index (χ2v) is 11.6. The zero-order valence-corrected chi connectivity index (χ0v) is 17.6. The molecule has 6 nitrogen and oxygen atoms in total. The van der Waals surface area contributed by atoms with Crippen LogP contribution in [-0.4, -0.2) is 36.1 Å². The summed E-state index contributed by atoms with van der Waals surface area (Å²) in [5.74, 6) is 1.25. The molecule has 1 saturated heterocycles. The molecule has 5 fully saturated rings. The minimum Gasteiger partial charge on any atom is -0.349 e. The lowest BCUT2D eigenvalue weighted by Crippen LogP contribution is -2.62. The molecule has 29 heavy (non-hydrogen) atoms. The van der Waals surface area contributed by atoms with Gasteiger partial charge >= 0.3 is 0 Å². The van der Waals surface area contributed by atoms with Gasteiger partial charge in [-0.1, -0.05) is 17.7 Å². The van der Waals surface area contributed by atoms with Gasteiger partial charge in [-0.25, -0.2) is 12.7 Å². The van der Waals surface area contributed by atoms with Gasteiger partial charge < -0.3 is 5.32 Å². The first-order valence-corrected chi connectivity index (χ1v) is 12.2. The summed E-state index contributed by atoms with van der Waals surface area (Å²) in [5, 5.41) is 3.25. The van der Waals surface area contributed by atoms with Crippen molar-refractivity contribution in [3.05, 3.63) is 29.8 Å². The Hall–Kier alpha value is -1.89. The molecule has 6 rings (SSSR count). The van der Waals surface area contributed by atoms with Crippen molar-refractivity contribution >= 4 is 21.8 Å². The lowest BCUT2D eigenvalue weighted by Gasteiger charge is -2.57. The maximum Gasteiger partial charge on any atom is 0.267 e. The van der Waals surface area contributed by atoms with Crippen molar-refractivity contribution in [2.45, 2.75) is 74.8 Å². The van der Waals surface area contributed by atoms with E-state index >= 15 is 0 Å². The van der Waals surface area contributed by atoms with Crippen LogP contribution in [0.4, 0.5) is 0 Å². The number of rotatable bonds is 4. The number of carbonyl (C=O) groups excluding carboxylic acids is 2. The molecule has 1 N–H and O–H groups in total. The van der Waals surface area contributed by atoms with E-state index in [0.29, 0.717) is 17.8 Å². The van der Waals surface area contributed by atoms with E-state index in [1.807, 2.05) is 6.92 Å². The monoisotopic (exact) mass is 416 g/mol. The van der Waals surface area contributed by atoms with E-state index < -0.39 is 22.0 Å². The smallest absolute Gasteiger partial charge is 0.267 e. The van der Waals surface area contributed by atoms with E-state index in [0.717, 1.165) is 29.1 Å². The van der Waals surface area contributed by atoms with Crippen LogP contribution in [0.5, 0.6) is 0 Å². The van der Waals surface area contributed by atoms with Gasteiger partial charge in [0.1, 0.15) is 6.04 Å². The minimum absolute atomic E-state index is 0.0611. The summed E-state index contributed by atoms with van der Waals surface area (Å²) in [6, 6.07) is 5.48. The number of amides is 2. The Balaban J connectivity index is 1.39. The number of hydrogen-bond acceptors (Lipinski definition) is 4. The summed E-state index contributed by atoms with van der Waals surface area (Å²) in [7, 11) is -4.04. The van der Waals surface area contributed by atoms with E-state index in [1.54, 1.807) is 12.1 Å². The van der Waals surface area contributed by atoms with E-state index in [-0.39, 0.29) is 29.2 Å². The number of aryl methyl sites for hydroxylation is 1. The molecule has 0 unspecified atom stereocenters. The lowest BCUT2D eigenvalue weighted by atomic mass is 9.53. The fourth-order valence-electron chi connectivity index (χ4n) is 6.63. The van der Waals surface area contributed by atoms with Crippen LogP contribution in [0, 0.1) is 24.7 Å². The van der Waals surface area contributed by atoms with Gasteiger partial charge in [-0.05, 0) is 81.8 Å². The van der Waals surface area contributed by atoms with E-state index in [2.05, 4.69) is 5.32 Å². The van der Waals surface area contributed by atoms with Crippen LogP contribution in [-0.2, 0) is 19.6 Å². The zero-order chi connectivity index (χ0) is 20.4. The van der Waals surface area contributed by atoms with Crippen molar-refractivity contribution in [1.82, 2.24) is 9.62 Å². The first-order valence-electron chi connectivity index (χ1n) is 10.7. The van der Waals surface area contributed by atoms with Gasteiger partial charge in [0.25, 0.3) is 10.0 Å². The van der Waals surface area contributed by atoms with E-state index in [9.17, 15) is 18.0 Å². The Morgan fingerprint density at radius 1 is 1.03 bits per heavy atom. The largest absolute Gasteiger partial charge is 0.349 e. The highest BCUT2D eigenvalue weighted by atomic mass is 32.2. The molecule has 5 aliphatic rings. The second-order valence-electron chi connectivity index (χ2n) is 9.75. The Labute approximate surface area is 172 Å². The highest BCUT2D eigenvalue weighted by Gasteiger charge is 2.53. The van der Waals surface area contributed by atoms with Gasteiger partial charge in [0.2, 0.25) is 11.8 Å². The van der Waals surface area contributed by atoms with Gasteiger partial charge in [0.05, 0.1) is 4.90 Å². The average Bonchev–Trinajstić information content (AvgIpc) is 3.03. The predicted octanol–water partition coefficient (Wildman–Crippen LogP) is 2.76. The molecule has 1 atom stereocenters. The minimum atomic E-state index is -4.04. The van der Waals surface area contributed by atoms with Crippen LogP contribution < -0.4 is 5.32 Å². The van der Waals surface area contributed by atoms with Crippen molar-refractivity contribution in [3.8, 4) is 0 Å². The quantitative estimate of drug-likeness (QED) is 0.818. The third-order valence-corrected chi connectivity index (χ3v) is 9.31. The number of hydrogen-bond donors (Lipinski definition) is 1. The fourth-order valence-corrected chi connectivity index (χ4v) is 8.24. The molecule has 4 bridgehead atoms. The summed E-state index contributed by atoms with van der Waals surface area (Å²) in [6.07, 6.45) is 7.13. The van der Waals surface area contributed by atoms with Crippen molar-refractivity contribution in [2.75, 3.05) is 0 Å². The average molecular weight is 417 g/mol. The van der Waals surface area contributed by atoms with Crippen molar-refractivity contribution in [2.24, 2.45) is 17.8 Å². The molecular weight excluding hydrogens is 388 g/mol. The zero-order valence-electron chi connectivity index (χ0n) is 16.8. The molecule has 1 aromatic carbocycles. The third kappa shape index (κ3) is 3.18. The topological polar surface area (TPSA) is 83.6 Å². The first-order chi connectivity index (χ1) is 13.8. The first kappa shape index (κ1) is 19.1. The molecule has 0 aromatic heterocycles. The molecule has 4 saturated carbocycles. The van der Waals surface area contributed by atoms with Gasteiger partial charge in [0.15, 0.2) is 0 Å². The van der Waals surface area contributed by atoms with Crippen molar-refractivity contribution < 1.29 is 18.0 Å². The Morgan fingerprint density at radius 2 is 1.59 bits per heavy atom. The van der Waals surface area contributed by atoms with Gasteiger partial charge in [-0.2, -0.15) is 0 Å². The predicted molar refractivity (Wildman–Crippen MR) is 107 cm³/mol. The molecular formula is C22H28N2O4S. The number of sulfonamides is 1. The molecule has 0 radical (unpaired) electrons. The number of carbonyl (C=O) groups is 2. The Morgan fingerprint density at radius 3 is 2.14 bits per heavy atom. The highest BCUT2D eigenvalue weighted by molar-refractivity contribution is 7.89. The summed E-state index contributed by atoms with van der Waals surface area (Å²) in [6.45, 7) is 1.87. The molecule has 7 heteroatoms. The molecule has 156 valence electrons. The summed E-state index contributed by atoms with van der Waals surface area (Å²) < 4.78 is 27.2. The Kier molecular flexibility index (Phi) is 4.32. The number of benzene rings is 1. The maximum atomic E-state index is 13.2. The Bertz CT molecular complexity index is 918. The van der Waals surface area contributed by atoms with Crippen LogP contribution in [0.15, 0.2) is 29.2 Å². The number of nitrogens with one attached hydrogen (secondary N) is 1. The van der Waals surface area contributed by atoms with Crippen molar-refractivity contribution in [1.29, 1.82) is 0 Å². The molecule has 2 amide bonds. The molecule has 1 heterocycles. The van der Waals surface area contributed by atoms with Crippen LogP contribution in [0.3, 0.4) is 0 Å². The van der Waals surface area contributed by atoms with Crippen LogP contribution in [0.25, 0.3) is 0 Å². The summed E-state index contributed by atoms with van der Waals surface area (Å²) in [5.41, 5.74) is 0.740. The molecule has 0 spiro atoms. The van der Waals surface area contributed by atoms with Crippen LogP contribution in [0.1, 0.15) is 56.9 Å². The highest BCUT2D eigenvalue weighted by Crippen LogP contribution is 2.55. The molecule has 1 aliphatic heterocycles. The number of nitrogens with zero attached hydrogens (tertiary/aromatic N) is 1. The van der Waals surface area contributed by atoms with Gasteiger partial charge in [-0.15, -0.1) is 0 Å². The van der Waals surface area contributed by atoms with E-state index in [4.69, 9.17) is 0 Å². The SMILES string of the molecule is Cc1ccc(S(=O)(=O)N2C(=O)CC[C@H]2C(=O)NC23CC4CC(CC(C4)C2)C3)cc1. The van der Waals surface area contributed by atoms with E-state index in [1.165, 1.54) is 31.4 Å². The lowest BCUT2D eigenvalue weighted by molar-refractivity contribution is -0.134. The third-order valence-electron chi connectivity index (χ3n) is 7.47. The van der Waals surface area contributed by atoms with Crippen LogP contribution >= 0.6 is 0 Å². The summed E-state index contributed by atoms with van der Waals surface area (Å²) in [4.78, 5) is 25.8. The molecule has 1 aromatic rings. The van der Waals surface area contributed by atoms with Crippen molar-refractivity contribution in [3.63, 3.8) is 0 Å². The van der Waals surface area contributed by atoms with Gasteiger partial charge in [-0.3, -0.25) is 9.59 Å². The van der Waals surface area contributed by atoms with Gasteiger partial charge in [0, 0.05) is 12.0 Å².